The molecule has 1 aromatic carbocycles. The smallest absolute Gasteiger partial charge is 0.250 e. The van der Waals surface area contributed by atoms with Gasteiger partial charge in [0.2, 0.25) is 0 Å². The highest BCUT2D eigenvalue weighted by atomic mass is 16.3. The molecule has 0 aromatic heterocycles. The first kappa shape index (κ1) is 16.5. The Hall–Kier alpha value is -1.91. The van der Waals surface area contributed by atoms with Crippen LogP contribution in [0, 0.1) is 0 Å². The number of rotatable bonds is 5. The average molecular weight is 300 g/mol. The van der Waals surface area contributed by atoms with E-state index in [1.54, 1.807) is 7.05 Å². The van der Waals surface area contributed by atoms with Gasteiger partial charge in [-0.15, -0.1) is 0 Å². The minimum absolute atomic E-state index is 0.0141. The standard InChI is InChI=1S/C18H24N2O2/c1-3-7-14(18(22)19-2)12-15-10-11-16(20-15)17(21)13-8-5-4-6-9-13/h3-9,12,15-17,20-21H,10-11H2,1-2H3,(H,19,22)/b7-3-,14-12+/t15?,16-,17-/m1/s1. The number of likely N-dealkylation sites (N-methyl/N-ethyl adjacent to an activating group) is 1. The van der Waals surface area contributed by atoms with Crippen LogP contribution in [0.4, 0.5) is 0 Å². The van der Waals surface area contributed by atoms with E-state index in [9.17, 15) is 9.90 Å². The molecule has 0 aliphatic carbocycles. The van der Waals surface area contributed by atoms with E-state index in [1.807, 2.05) is 55.5 Å². The summed E-state index contributed by atoms with van der Waals surface area (Å²) in [7, 11) is 1.63. The maximum Gasteiger partial charge on any atom is 0.250 e. The highest BCUT2D eigenvalue weighted by molar-refractivity contribution is 5.96. The maximum atomic E-state index is 11.8. The van der Waals surface area contributed by atoms with E-state index in [0.717, 1.165) is 18.4 Å². The van der Waals surface area contributed by atoms with Crippen molar-refractivity contribution < 1.29 is 9.90 Å². The van der Waals surface area contributed by atoms with E-state index in [2.05, 4.69) is 10.6 Å². The van der Waals surface area contributed by atoms with Gasteiger partial charge in [0, 0.05) is 24.7 Å². The molecule has 118 valence electrons. The maximum absolute atomic E-state index is 11.8. The summed E-state index contributed by atoms with van der Waals surface area (Å²) in [5.74, 6) is -0.0908. The van der Waals surface area contributed by atoms with Crippen molar-refractivity contribution in [3.05, 3.63) is 59.7 Å². The summed E-state index contributed by atoms with van der Waals surface area (Å²) in [5, 5.41) is 16.5. The van der Waals surface area contributed by atoms with Crippen molar-refractivity contribution in [2.75, 3.05) is 7.05 Å². The fourth-order valence-corrected chi connectivity index (χ4v) is 2.81. The van der Waals surface area contributed by atoms with Gasteiger partial charge in [-0.2, -0.15) is 0 Å². The van der Waals surface area contributed by atoms with Gasteiger partial charge in [-0.05, 0) is 25.3 Å². The van der Waals surface area contributed by atoms with Crippen LogP contribution in [0.1, 0.15) is 31.4 Å². The third-order valence-corrected chi connectivity index (χ3v) is 3.96. The lowest BCUT2D eigenvalue weighted by Crippen LogP contribution is -2.33. The lowest BCUT2D eigenvalue weighted by molar-refractivity contribution is -0.116. The molecule has 1 unspecified atom stereocenters. The van der Waals surface area contributed by atoms with E-state index in [0.29, 0.717) is 5.57 Å². The summed E-state index contributed by atoms with van der Waals surface area (Å²) < 4.78 is 0. The van der Waals surface area contributed by atoms with Crippen molar-refractivity contribution >= 4 is 5.91 Å². The van der Waals surface area contributed by atoms with Crippen LogP contribution in [0.15, 0.2) is 54.1 Å². The molecule has 4 heteroatoms. The van der Waals surface area contributed by atoms with Crippen LogP contribution in [0.3, 0.4) is 0 Å². The first-order valence-electron chi connectivity index (χ1n) is 7.71. The molecule has 1 fully saturated rings. The molecule has 1 amide bonds. The number of hydrogen-bond donors (Lipinski definition) is 3. The van der Waals surface area contributed by atoms with Gasteiger partial charge in [0.05, 0.1) is 6.10 Å². The average Bonchev–Trinajstić information content (AvgIpc) is 3.02. The molecular formula is C18H24N2O2. The monoisotopic (exact) mass is 300 g/mol. The Kier molecular flexibility index (Phi) is 5.92. The van der Waals surface area contributed by atoms with E-state index in [4.69, 9.17) is 0 Å². The minimum Gasteiger partial charge on any atom is -0.387 e. The van der Waals surface area contributed by atoms with Crippen LogP contribution in [-0.4, -0.2) is 30.1 Å². The normalized spacial score (nSPS) is 23.7. The second-order valence-electron chi connectivity index (χ2n) is 5.51. The van der Waals surface area contributed by atoms with Crippen LogP contribution in [0.25, 0.3) is 0 Å². The van der Waals surface area contributed by atoms with Crippen LogP contribution in [0.2, 0.25) is 0 Å². The Bertz CT molecular complexity index is 551. The van der Waals surface area contributed by atoms with Gasteiger partial charge in [-0.1, -0.05) is 48.6 Å². The number of aliphatic hydroxyl groups excluding tert-OH is 1. The molecule has 3 atom stereocenters. The van der Waals surface area contributed by atoms with Crippen molar-refractivity contribution in [2.45, 2.75) is 38.0 Å². The van der Waals surface area contributed by atoms with Crippen LogP contribution in [-0.2, 0) is 4.79 Å². The number of carbonyl (C=O) groups excluding carboxylic acids is 1. The fraction of sp³-hybridized carbons (Fsp3) is 0.389. The predicted molar refractivity (Wildman–Crippen MR) is 88.3 cm³/mol. The first-order valence-corrected chi connectivity index (χ1v) is 7.71. The highest BCUT2D eigenvalue weighted by Crippen LogP contribution is 2.26. The predicted octanol–water partition coefficient (Wildman–Crippen LogP) is 2.09. The second-order valence-corrected chi connectivity index (χ2v) is 5.51. The summed E-state index contributed by atoms with van der Waals surface area (Å²) in [6.07, 6.45) is 6.87. The highest BCUT2D eigenvalue weighted by Gasteiger charge is 2.29. The third kappa shape index (κ3) is 4.06. The van der Waals surface area contributed by atoms with Gasteiger partial charge in [-0.25, -0.2) is 0 Å². The van der Waals surface area contributed by atoms with Crippen molar-refractivity contribution in [2.24, 2.45) is 0 Å². The second kappa shape index (κ2) is 7.92. The zero-order valence-corrected chi connectivity index (χ0v) is 13.1. The summed E-state index contributed by atoms with van der Waals surface area (Å²) >= 11 is 0. The molecule has 0 spiro atoms. The van der Waals surface area contributed by atoms with Crippen molar-refractivity contribution in [1.29, 1.82) is 0 Å². The van der Waals surface area contributed by atoms with Crippen LogP contribution in [0.5, 0.6) is 0 Å². The number of carbonyl (C=O) groups is 1. The summed E-state index contributed by atoms with van der Waals surface area (Å²) in [6, 6.07) is 9.79. The summed E-state index contributed by atoms with van der Waals surface area (Å²) in [6.45, 7) is 1.89. The van der Waals surface area contributed by atoms with Crippen molar-refractivity contribution in [3.8, 4) is 0 Å². The Balaban J connectivity index is 2.04. The molecule has 1 aromatic rings. The number of aliphatic hydroxyl groups is 1. The van der Waals surface area contributed by atoms with Gasteiger partial charge in [0.1, 0.15) is 0 Å². The van der Waals surface area contributed by atoms with Crippen LogP contribution >= 0.6 is 0 Å². The quantitative estimate of drug-likeness (QED) is 0.576. The van der Waals surface area contributed by atoms with E-state index in [-0.39, 0.29) is 18.0 Å². The molecule has 0 radical (unpaired) electrons. The Morgan fingerprint density at radius 2 is 2.09 bits per heavy atom. The van der Waals surface area contributed by atoms with E-state index < -0.39 is 6.10 Å². The molecule has 2 rings (SSSR count). The molecule has 4 nitrogen and oxygen atoms in total. The zero-order valence-electron chi connectivity index (χ0n) is 13.1. The number of allylic oxidation sites excluding steroid dienone is 1. The minimum atomic E-state index is -0.523. The molecule has 1 aliphatic heterocycles. The zero-order chi connectivity index (χ0) is 15.9. The molecule has 1 aliphatic rings. The summed E-state index contributed by atoms with van der Waals surface area (Å²) in [4.78, 5) is 11.8. The topological polar surface area (TPSA) is 61.4 Å². The van der Waals surface area contributed by atoms with E-state index in [1.165, 1.54) is 0 Å². The lowest BCUT2D eigenvalue weighted by Gasteiger charge is -2.19. The Morgan fingerprint density at radius 3 is 2.73 bits per heavy atom. The van der Waals surface area contributed by atoms with Crippen LogP contribution < -0.4 is 10.6 Å². The number of amides is 1. The van der Waals surface area contributed by atoms with Crippen molar-refractivity contribution in [3.63, 3.8) is 0 Å². The Morgan fingerprint density at radius 1 is 1.36 bits per heavy atom. The SMILES string of the molecule is C/C=C\C(=C/C1CC[C@H]([C@H](O)c2ccccc2)N1)C(=O)NC. The number of benzene rings is 1. The van der Waals surface area contributed by atoms with Gasteiger partial charge in [-0.3, -0.25) is 4.79 Å². The molecule has 22 heavy (non-hydrogen) atoms. The first-order chi connectivity index (χ1) is 10.7. The van der Waals surface area contributed by atoms with Gasteiger partial charge in [0.25, 0.3) is 5.91 Å². The number of nitrogens with one attached hydrogen (secondary N) is 2. The molecule has 0 saturated carbocycles. The fourth-order valence-electron chi connectivity index (χ4n) is 2.81. The van der Waals surface area contributed by atoms with Crippen molar-refractivity contribution in [1.82, 2.24) is 10.6 Å². The van der Waals surface area contributed by atoms with Gasteiger partial charge < -0.3 is 15.7 Å². The molecule has 1 heterocycles. The molecular weight excluding hydrogens is 276 g/mol. The lowest BCUT2D eigenvalue weighted by atomic mass is 10.0. The van der Waals surface area contributed by atoms with E-state index >= 15 is 0 Å². The molecule has 3 N–H and O–H groups in total. The number of hydrogen-bond acceptors (Lipinski definition) is 3. The Labute approximate surface area is 131 Å². The molecule has 0 bridgehead atoms. The van der Waals surface area contributed by atoms with Gasteiger partial charge in [0.15, 0.2) is 0 Å². The van der Waals surface area contributed by atoms with Gasteiger partial charge >= 0.3 is 0 Å². The summed E-state index contributed by atoms with van der Waals surface area (Å²) in [5.41, 5.74) is 1.57. The largest absolute Gasteiger partial charge is 0.387 e. The third-order valence-electron chi connectivity index (χ3n) is 3.96. The molecule has 1 saturated heterocycles.